The van der Waals surface area contributed by atoms with Gasteiger partial charge >= 0.3 is 0 Å². The molecule has 0 radical (unpaired) electrons. The standard InChI is InChI=1S/C55H36N2O2/c1-55(2)45-19-9-5-15-38(45)39-27-25-37(31-46(39)55)56(35-24-23-33-13-3-4-14-34(33)29-35)36-26-28-50-43(30-36)44-32-51-52(42-18-8-12-22-49(42)58-51)53(54(44)59-50)57-47-20-10-6-16-40(47)41-17-7-11-21-48(41)57/h3-32H,1-2H3. The van der Waals surface area contributed by atoms with E-state index in [4.69, 9.17) is 8.83 Å². The average Bonchev–Trinajstić information content (AvgIpc) is 4.00. The summed E-state index contributed by atoms with van der Waals surface area (Å²) < 4.78 is 16.2. The number of furan rings is 2. The molecule has 4 nitrogen and oxygen atoms in total. The minimum absolute atomic E-state index is 0.136. The Labute approximate surface area is 339 Å². The van der Waals surface area contributed by atoms with E-state index in [2.05, 4.69) is 199 Å². The summed E-state index contributed by atoms with van der Waals surface area (Å²) in [5.41, 5.74) is 15.0. The van der Waals surface area contributed by atoms with Gasteiger partial charge in [0.25, 0.3) is 0 Å². The molecule has 0 saturated heterocycles. The van der Waals surface area contributed by atoms with Crippen molar-refractivity contribution in [2.24, 2.45) is 0 Å². The lowest BCUT2D eigenvalue weighted by atomic mass is 9.82. The molecule has 59 heavy (non-hydrogen) atoms. The van der Waals surface area contributed by atoms with Crippen molar-refractivity contribution in [1.82, 2.24) is 4.57 Å². The van der Waals surface area contributed by atoms with Crippen LogP contribution in [0, 0.1) is 0 Å². The van der Waals surface area contributed by atoms with E-state index >= 15 is 0 Å². The third-order valence-corrected chi connectivity index (χ3v) is 12.9. The molecule has 3 aromatic heterocycles. The second-order valence-electron chi connectivity index (χ2n) is 16.5. The van der Waals surface area contributed by atoms with Gasteiger partial charge in [0.1, 0.15) is 22.4 Å². The van der Waals surface area contributed by atoms with Crippen LogP contribution in [0.1, 0.15) is 25.0 Å². The Morgan fingerprint density at radius 1 is 0.424 bits per heavy atom. The zero-order chi connectivity index (χ0) is 39.0. The van der Waals surface area contributed by atoms with E-state index in [-0.39, 0.29) is 5.41 Å². The molecular weight excluding hydrogens is 721 g/mol. The molecule has 0 unspecified atom stereocenters. The highest BCUT2D eigenvalue weighted by Crippen LogP contribution is 2.51. The van der Waals surface area contributed by atoms with Crippen LogP contribution in [0.4, 0.5) is 17.1 Å². The van der Waals surface area contributed by atoms with Gasteiger partial charge in [-0.1, -0.05) is 129 Å². The number of rotatable bonds is 4. The zero-order valence-electron chi connectivity index (χ0n) is 32.5. The molecule has 0 amide bonds. The van der Waals surface area contributed by atoms with Crippen molar-refractivity contribution in [3.8, 4) is 16.8 Å². The van der Waals surface area contributed by atoms with Crippen molar-refractivity contribution in [2.75, 3.05) is 4.90 Å². The molecule has 0 bridgehead atoms. The monoisotopic (exact) mass is 756 g/mol. The molecule has 0 fully saturated rings. The van der Waals surface area contributed by atoms with Gasteiger partial charge in [-0.2, -0.15) is 0 Å². The first-order valence-corrected chi connectivity index (χ1v) is 20.3. The first kappa shape index (κ1) is 32.5. The Morgan fingerprint density at radius 2 is 1.03 bits per heavy atom. The van der Waals surface area contributed by atoms with Crippen LogP contribution in [-0.4, -0.2) is 4.57 Å². The average molecular weight is 757 g/mol. The Balaban J connectivity index is 1.10. The molecule has 0 atom stereocenters. The fourth-order valence-electron chi connectivity index (χ4n) is 10.2. The van der Waals surface area contributed by atoms with Crippen molar-refractivity contribution in [3.05, 3.63) is 193 Å². The van der Waals surface area contributed by atoms with Crippen LogP contribution in [0.2, 0.25) is 0 Å². The molecule has 0 aliphatic heterocycles. The number of anilines is 3. The van der Waals surface area contributed by atoms with Crippen LogP contribution in [0.3, 0.4) is 0 Å². The number of nitrogens with zero attached hydrogens (tertiary/aromatic N) is 2. The Bertz CT molecular complexity index is 3670. The molecule has 4 heteroatoms. The molecule has 0 N–H and O–H groups in total. The minimum atomic E-state index is -0.136. The van der Waals surface area contributed by atoms with Crippen molar-refractivity contribution < 1.29 is 8.83 Å². The molecule has 0 saturated carbocycles. The summed E-state index contributed by atoms with van der Waals surface area (Å²) in [6.45, 7) is 4.69. The van der Waals surface area contributed by atoms with Crippen LogP contribution in [0.5, 0.6) is 0 Å². The first-order chi connectivity index (χ1) is 29.0. The van der Waals surface area contributed by atoms with Gasteiger partial charge in [0, 0.05) is 49.4 Å². The lowest BCUT2D eigenvalue weighted by molar-refractivity contribution is 0.660. The quantitative estimate of drug-likeness (QED) is 0.179. The highest BCUT2D eigenvalue weighted by molar-refractivity contribution is 6.23. The number of hydrogen-bond donors (Lipinski definition) is 0. The number of aromatic nitrogens is 1. The highest BCUT2D eigenvalue weighted by Gasteiger charge is 2.36. The summed E-state index contributed by atoms with van der Waals surface area (Å²) in [6, 6.07) is 65.7. The molecule has 1 aliphatic carbocycles. The number of fused-ring (bicyclic) bond motifs is 13. The smallest absolute Gasteiger partial charge is 0.160 e. The second kappa shape index (κ2) is 11.7. The van der Waals surface area contributed by atoms with Gasteiger partial charge in [-0.15, -0.1) is 0 Å². The molecule has 0 spiro atoms. The van der Waals surface area contributed by atoms with E-state index in [0.29, 0.717) is 0 Å². The number of para-hydroxylation sites is 3. The van der Waals surface area contributed by atoms with Gasteiger partial charge in [0.15, 0.2) is 5.58 Å². The van der Waals surface area contributed by atoms with E-state index in [0.717, 1.165) is 77.7 Å². The molecule has 12 aromatic rings. The molecule has 3 heterocycles. The van der Waals surface area contributed by atoms with Crippen LogP contribution < -0.4 is 4.90 Å². The van der Waals surface area contributed by atoms with Crippen LogP contribution in [-0.2, 0) is 5.41 Å². The molecule has 278 valence electrons. The second-order valence-corrected chi connectivity index (χ2v) is 16.5. The predicted molar refractivity (Wildman–Crippen MR) is 245 cm³/mol. The summed E-state index contributed by atoms with van der Waals surface area (Å²) in [6.07, 6.45) is 0. The van der Waals surface area contributed by atoms with Gasteiger partial charge in [-0.3, -0.25) is 0 Å². The van der Waals surface area contributed by atoms with Crippen molar-refractivity contribution >= 4 is 93.5 Å². The normalized spacial score (nSPS) is 13.4. The fourth-order valence-corrected chi connectivity index (χ4v) is 10.2. The van der Waals surface area contributed by atoms with Gasteiger partial charge < -0.3 is 18.3 Å². The van der Waals surface area contributed by atoms with E-state index < -0.39 is 0 Å². The van der Waals surface area contributed by atoms with Crippen molar-refractivity contribution in [3.63, 3.8) is 0 Å². The largest absolute Gasteiger partial charge is 0.456 e. The van der Waals surface area contributed by atoms with Crippen LogP contribution in [0.15, 0.2) is 191 Å². The lowest BCUT2D eigenvalue weighted by Gasteiger charge is -2.28. The topological polar surface area (TPSA) is 34.5 Å². The molecular formula is C55H36N2O2. The van der Waals surface area contributed by atoms with Crippen LogP contribution in [0.25, 0.3) is 93.3 Å². The Hall–Kier alpha value is -7.56. The summed E-state index contributed by atoms with van der Waals surface area (Å²) in [4.78, 5) is 2.40. The Kier molecular flexibility index (Phi) is 6.48. The minimum Gasteiger partial charge on any atom is -0.456 e. The molecule has 13 rings (SSSR count). The maximum atomic E-state index is 7.08. The summed E-state index contributed by atoms with van der Waals surface area (Å²) in [5.74, 6) is 0. The van der Waals surface area contributed by atoms with E-state index in [1.807, 2.05) is 6.07 Å². The van der Waals surface area contributed by atoms with Gasteiger partial charge in [0.2, 0.25) is 0 Å². The third kappa shape index (κ3) is 4.49. The summed E-state index contributed by atoms with van der Waals surface area (Å²) in [7, 11) is 0. The lowest BCUT2D eigenvalue weighted by Crippen LogP contribution is -2.16. The maximum Gasteiger partial charge on any atom is 0.160 e. The van der Waals surface area contributed by atoms with Crippen LogP contribution >= 0.6 is 0 Å². The van der Waals surface area contributed by atoms with Crippen molar-refractivity contribution in [1.29, 1.82) is 0 Å². The van der Waals surface area contributed by atoms with E-state index in [1.165, 1.54) is 43.8 Å². The van der Waals surface area contributed by atoms with E-state index in [1.54, 1.807) is 0 Å². The number of benzene rings is 9. The first-order valence-electron chi connectivity index (χ1n) is 20.3. The predicted octanol–water partition coefficient (Wildman–Crippen LogP) is 15.5. The SMILES string of the molecule is CC1(C)c2ccccc2-c2ccc(N(c3ccc4ccccc4c3)c3ccc4oc5c(-n6c7ccccc7c7ccccc76)c6c(cc5c4c3)oc3ccccc36)cc21. The molecule has 1 aliphatic rings. The Morgan fingerprint density at radius 3 is 1.86 bits per heavy atom. The molecule has 9 aromatic carbocycles. The van der Waals surface area contributed by atoms with Gasteiger partial charge in [-0.25, -0.2) is 0 Å². The number of hydrogen-bond acceptors (Lipinski definition) is 3. The summed E-state index contributed by atoms with van der Waals surface area (Å²) >= 11 is 0. The zero-order valence-corrected chi connectivity index (χ0v) is 32.5. The third-order valence-electron chi connectivity index (χ3n) is 12.9. The van der Waals surface area contributed by atoms with Gasteiger partial charge in [-0.05, 0) is 99.8 Å². The fraction of sp³-hybridized carbons (Fsp3) is 0.0545. The highest BCUT2D eigenvalue weighted by atomic mass is 16.3. The van der Waals surface area contributed by atoms with Gasteiger partial charge in [0.05, 0.1) is 16.4 Å². The maximum absolute atomic E-state index is 7.08. The van der Waals surface area contributed by atoms with E-state index in [9.17, 15) is 0 Å². The summed E-state index contributed by atoms with van der Waals surface area (Å²) in [5, 5.41) is 8.95. The van der Waals surface area contributed by atoms with Crippen molar-refractivity contribution in [2.45, 2.75) is 19.3 Å².